The first-order valence-electron chi connectivity index (χ1n) is 6.09. The summed E-state index contributed by atoms with van der Waals surface area (Å²) in [6.45, 7) is 4.10. The summed E-state index contributed by atoms with van der Waals surface area (Å²) in [5, 5.41) is 8.93. The van der Waals surface area contributed by atoms with Gasteiger partial charge in [0.1, 0.15) is 5.75 Å². The molecule has 90 valence electrons. The van der Waals surface area contributed by atoms with Crippen molar-refractivity contribution in [3.05, 3.63) is 29.3 Å². The molecule has 1 saturated carbocycles. The third-order valence-corrected chi connectivity index (χ3v) is 3.25. The molecule has 0 amide bonds. The highest BCUT2D eigenvalue weighted by molar-refractivity contribution is 5.42. The van der Waals surface area contributed by atoms with Crippen molar-refractivity contribution >= 4 is 0 Å². The zero-order chi connectivity index (χ0) is 12.3. The second-order valence-corrected chi connectivity index (χ2v) is 4.43. The largest absolute Gasteiger partial charge is 0.496 e. The molecule has 0 atom stereocenters. The lowest BCUT2D eigenvalue weighted by Crippen LogP contribution is -2.25. The van der Waals surface area contributed by atoms with Gasteiger partial charge in [0.15, 0.2) is 0 Å². The van der Waals surface area contributed by atoms with Crippen molar-refractivity contribution in [1.82, 2.24) is 4.90 Å². The van der Waals surface area contributed by atoms with Gasteiger partial charge in [0.2, 0.25) is 0 Å². The molecule has 1 aliphatic carbocycles. The molecule has 0 spiro atoms. The highest BCUT2D eigenvalue weighted by Gasteiger charge is 2.28. The lowest BCUT2D eigenvalue weighted by atomic mass is 10.1. The predicted octanol–water partition coefficient (Wildman–Crippen LogP) is 2.55. The normalized spacial score (nSPS) is 14.7. The minimum Gasteiger partial charge on any atom is -0.496 e. The van der Waals surface area contributed by atoms with Gasteiger partial charge < -0.3 is 4.74 Å². The van der Waals surface area contributed by atoms with Gasteiger partial charge in [-0.05, 0) is 37.6 Å². The Hall–Kier alpha value is -1.53. The summed E-state index contributed by atoms with van der Waals surface area (Å²) in [6, 6.07) is 8.53. The summed E-state index contributed by atoms with van der Waals surface area (Å²) >= 11 is 0. The van der Waals surface area contributed by atoms with Crippen LogP contribution in [-0.4, -0.2) is 24.6 Å². The van der Waals surface area contributed by atoms with E-state index in [4.69, 9.17) is 10.00 Å². The number of methoxy groups -OCH3 is 1. The Morgan fingerprint density at radius 3 is 2.76 bits per heavy atom. The van der Waals surface area contributed by atoms with Crippen LogP contribution >= 0.6 is 0 Å². The molecule has 3 heteroatoms. The van der Waals surface area contributed by atoms with Gasteiger partial charge in [0.05, 0.1) is 18.7 Å². The monoisotopic (exact) mass is 230 g/mol. The van der Waals surface area contributed by atoms with E-state index in [1.807, 2.05) is 12.1 Å². The molecule has 0 N–H and O–H groups in total. The van der Waals surface area contributed by atoms with Gasteiger partial charge >= 0.3 is 0 Å². The van der Waals surface area contributed by atoms with Gasteiger partial charge in [0, 0.05) is 18.2 Å². The smallest absolute Gasteiger partial charge is 0.123 e. The molecule has 1 aliphatic rings. The van der Waals surface area contributed by atoms with E-state index in [0.717, 1.165) is 30.4 Å². The minimum atomic E-state index is 0.702. The summed E-state index contributed by atoms with van der Waals surface area (Å²) in [4.78, 5) is 2.44. The van der Waals surface area contributed by atoms with Crippen LogP contribution in [0.3, 0.4) is 0 Å². The first-order valence-corrected chi connectivity index (χ1v) is 6.09. The number of rotatable bonds is 5. The predicted molar refractivity (Wildman–Crippen MR) is 66.8 cm³/mol. The molecule has 1 fully saturated rings. The molecule has 3 nitrogen and oxygen atoms in total. The lowest BCUT2D eigenvalue weighted by molar-refractivity contribution is 0.264. The highest BCUT2D eigenvalue weighted by atomic mass is 16.5. The minimum absolute atomic E-state index is 0.702. The first kappa shape index (κ1) is 11.9. The van der Waals surface area contributed by atoms with E-state index in [9.17, 15) is 0 Å². The SMILES string of the molecule is CCN(Cc1cc(C#N)ccc1OC)C1CC1. The van der Waals surface area contributed by atoms with Crippen LogP contribution in [0.5, 0.6) is 5.75 Å². The van der Waals surface area contributed by atoms with E-state index in [1.165, 1.54) is 12.8 Å². The summed E-state index contributed by atoms with van der Waals surface area (Å²) in [5.41, 5.74) is 1.81. The van der Waals surface area contributed by atoms with Gasteiger partial charge in [-0.1, -0.05) is 6.92 Å². The molecule has 2 rings (SSSR count). The first-order chi connectivity index (χ1) is 8.28. The molecule has 0 heterocycles. The molecule has 0 aromatic heterocycles. The van der Waals surface area contributed by atoms with Crippen LogP contribution in [-0.2, 0) is 6.54 Å². The fraction of sp³-hybridized carbons (Fsp3) is 0.500. The van der Waals surface area contributed by atoms with Crippen LogP contribution in [0.2, 0.25) is 0 Å². The van der Waals surface area contributed by atoms with Gasteiger partial charge in [-0.25, -0.2) is 0 Å². The molecule has 0 aliphatic heterocycles. The van der Waals surface area contributed by atoms with E-state index in [-0.39, 0.29) is 0 Å². The fourth-order valence-electron chi connectivity index (χ4n) is 2.13. The quantitative estimate of drug-likeness (QED) is 0.780. The maximum atomic E-state index is 8.93. The average molecular weight is 230 g/mol. The maximum absolute atomic E-state index is 8.93. The molecule has 0 radical (unpaired) electrons. The van der Waals surface area contributed by atoms with Crippen LogP contribution < -0.4 is 4.74 Å². The standard InChI is InChI=1S/C14H18N2O/c1-3-16(13-5-6-13)10-12-8-11(9-15)4-7-14(12)17-2/h4,7-8,13H,3,5-6,10H2,1-2H3. The van der Waals surface area contributed by atoms with E-state index < -0.39 is 0 Å². The summed E-state index contributed by atoms with van der Waals surface area (Å²) in [7, 11) is 1.68. The Morgan fingerprint density at radius 1 is 1.47 bits per heavy atom. The number of nitrogens with zero attached hydrogens (tertiary/aromatic N) is 2. The van der Waals surface area contributed by atoms with Gasteiger partial charge in [0.25, 0.3) is 0 Å². The molecule has 1 aromatic rings. The second kappa shape index (κ2) is 5.20. The molecular formula is C14H18N2O. The molecule has 0 saturated heterocycles. The molecule has 17 heavy (non-hydrogen) atoms. The topological polar surface area (TPSA) is 36.3 Å². The van der Waals surface area contributed by atoms with Crippen LogP contribution in [0, 0.1) is 11.3 Å². The second-order valence-electron chi connectivity index (χ2n) is 4.43. The maximum Gasteiger partial charge on any atom is 0.123 e. The number of ether oxygens (including phenoxy) is 1. The zero-order valence-corrected chi connectivity index (χ0v) is 10.4. The van der Waals surface area contributed by atoms with E-state index in [0.29, 0.717) is 5.56 Å². The van der Waals surface area contributed by atoms with Crippen LogP contribution in [0.4, 0.5) is 0 Å². The number of benzene rings is 1. The van der Waals surface area contributed by atoms with Crippen molar-refractivity contribution in [2.45, 2.75) is 32.4 Å². The van der Waals surface area contributed by atoms with Crippen molar-refractivity contribution in [1.29, 1.82) is 5.26 Å². The molecule has 0 bridgehead atoms. The van der Waals surface area contributed by atoms with E-state index in [1.54, 1.807) is 13.2 Å². The summed E-state index contributed by atoms with van der Waals surface area (Å²) in [5.74, 6) is 0.878. The number of nitriles is 1. The average Bonchev–Trinajstić information content (AvgIpc) is 3.19. The van der Waals surface area contributed by atoms with Crippen LogP contribution in [0.25, 0.3) is 0 Å². The Labute approximate surface area is 103 Å². The Bertz CT molecular complexity index is 432. The summed E-state index contributed by atoms with van der Waals surface area (Å²) in [6.07, 6.45) is 2.60. The molecule has 1 aromatic carbocycles. The Morgan fingerprint density at radius 2 is 2.24 bits per heavy atom. The van der Waals surface area contributed by atoms with Crippen molar-refractivity contribution in [2.24, 2.45) is 0 Å². The molecular weight excluding hydrogens is 212 g/mol. The van der Waals surface area contributed by atoms with Crippen molar-refractivity contribution in [2.75, 3.05) is 13.7 Å². The Balaban J connectivity index is 2.19. The number of hydrogen-bond acceptors (Lipinski definition) is 3. The van der Waals surface area contributed by atoms with Crippen molar-refractivity contribution < 1.29 is 4.74 Å². The third-order valence-electron chi connectivity index (χ3n) is 3.25. The van der Waals surface area contributed by atoms with E-state index in [2.05, 4.69) is 17.9 Å². The fourth-order valence-corrected chi connectivity index (χ4v) is 2.13. The van der Waals surface area contributed by atoms with Crippen molar-refractivity contribution in [3.63, 3.8) is 0 Å². The van der Waals surface area contributed by atoms with Gasteiger partial charge in [-0.2, -0.15) is 5.26 Å². The third kappa shape index (κ3) is 2.78. The lowest BCUT2D eigenvalue weighted by Gasteiger charge is -2.21. The number of hydrogen-bond donors (Lipinski definition) is 0. The highest BCUT2D eigenvalue weighted by Crippen LogP contribution is 2.30. The molecule has 0 unspecified atom stereocenters. The summed E-state index contributed by atoms with van der Waals surface area (Å²) < 4.78 is 5.35. The van der Waals surface area contributed by atoms with Gasteiger partial charge in [-0.3, -0.25) is 4.90 Å². The van der Waals surface area contributed by atoms with Crippen molar-refractivity contribution in [3.8, 4) is 11.8 Å². The Kier molecular flexibility index (Phi) is 3.65. The van der Waals surface area contributed by atoms with Crippen LogP contribution in [0.15, 0.2) is 18.2 Å². The van der Waals surface area contributed by atoms with Crippen LogP contribution in [0.1, 0.15) is 30.9 Å². The van der Waals surface area contributed by atoms with E-state index >= 15 is 0 Å². The zero-order valence-electron chi connectivity index (χ0n) is 10.4. The van der Waals surface area contributed by atoms with Gasteiger partial charge in [-0.15, -0.1) is 0 Å².